The van der Waals surface area contributed by atoms with E-state index < -0.39 is 0 Å². The fourth-order valence-corrected chi connectivity index (χ4v) is 2.40. The van der Waals surface area contributed by atoms with Crippen molar-refractivity contribution in [2.24, 2.45) is 5.18 Å². The summed E-state index contributed by atoms with van der Waals surface area (Å²) in [6, 6.07) is 3.55. The first-order valence-corrected chi connectivity index (χ1v) is 5.94. The van der Waals surface area contributed by atoms with Crippen molar-refractivity contribution in [2.45, 2.75) is 6.42 Å². The third kappa shape index (κ3) is 3.55. The van der Waals surface area contributed by atoms with Gasteiger partial charge in [-0.25, -0.2) is 0 Å². The molecule has 0 amide bonds. The Hall–Kier alpha value is -0.460. The standard InChI is InChI=1S/C9H10Br2N2O2/c10-7-4-6(12-2-1-3-14)5-8(11)9(7)13-15/h4-5,12,14H,1-3H2. The molecule has 0 atom stereocenters. The van der Waals surface area contributed by atoms with Crippen LogP contribution in [0.1, 0.15) is 6.42 Å². The van der Waals surface area contributed by atoms with Crippen LogP contribution < -0.4 is 5.32 Å². The van der Waals surface area contributed by atoms with Gasteiger partial charge in [0.25, 0.3) is 0 Å². The van der Waals surface area contributed by atoms with Gasteiger partial charge in [0.05, 0.1) is 0 Å². The van der Waals surface area contributed by atoms with Crippen LogP contribution in [0.25, 0.3) is 0 Å². The summed E-state index contributed by atoms with van der Waals surface area (Å²) in [6.07, 6.45) is 0.683. The van der Waals surface area contributed by atoms with E-state index >= 15 is 0 Å². The van der Waals surface area contributed by atoms with Gasteiger partial charge in [0.2, 0.25) is 0 Å². The number of halogens is 2. The predicted molar refractivity (Wildman–Crippen MR) is 67.5 cm³/mol. The Morgan fingerprint density at radius 2 is 1.93 bits per heavy atom. The van der Waals surface area contributed by atoms with Gasteiger partial charge in [0.1, 0.15) is 5.69 Å². The lowest BCUT2D eigenvalue weighted by atomic mass is 10.3. The Balaban J connectivity index is 2.79. The summed E-state index contributed by atoms with van der Waals surface area (Å²) in [7, 11) is 0. The maximum absolute atomic E-state index is 10.5. The van der Waals surface area contributed by atoms with E-state index in [0.29, 0.717) is 27.6 Å². The average Bonchev–Trinajstić information content (AvgIpc) is 2.18. The summed E-state index contributed by atoms with van der Waals surface area (Å²) in [5.74, 6) is 0. The number of aliphatic hydroxyl groups excluding tert-OH is 1. The SMILES string of the molecule is O=Nc1c(Br)cc(NCCCO)cc1Br. The molecule has 82 valence electrons. The van der Waals surface area contributed by atoms with Gasteiger partial charge in [0, 0.05) is 27.8 Å². The van der Waals surface area contributed by atoms with E-state index in [4.69, 9.17) is 5.11 Å². The second kappa shape index (κ2) is 6.19. The van der Waals surface area contributed by atoms with Crippen molar-refractivity contribution in [3.8, 4) is 0 Å². The number of anilines is 1. The van der Waals surface area contributed by atoms with Gasteiger partial charge in [0.15, 0.2) is 0 Å². The van der Waals surface area contributed by atoms with Crippen LogP contribution in [0.15, 0.2) is 26.3 Å². The summed E-state index contributed by atoms with van der Waals surface area (Å²) in [5.41, 5.74) is 1.22. The van der Waals surface area contributed by atoms with Crippen LogP contribution >= 0.6 is 31.9 Å². The maximum Gasteiger partial charge on any atom is 0.136 e. The number of nitrogens with zero attached hydrogens (tertiary/aromatic N) is 1. The normalized spacial score (nSPS) is 10.1. The number of aliphatic hydroxyl groups is 1. The van der Waals surface area contributed by atoms with Crippen LogP contribution in [0, 0.1) is 4.91 Å². The number of benzene rings is 1. The third-order valence-corrected chi connectivity index (χ3v) is 2.98. The van der Waals surface area contributed by atoms with E-state index in [9.17, 15) is 4.91 Å². The largest absolute Gasteiger partial charge is 0.396 e. The minimum atomic E-state index is 0.156. The number of nitrogens with one attached hydrogen (secondary N) is 1. The first-order valence-electron chi connectivity index (χ1n) is 4.36. The van der Waals surface area contributed by atoms with Gasteiger partial charge in [-0.2, -0.15) is 0 Å². The van der Waals surface area contributed by atoms with E-state index in [-0.39, 0.29) is 6.61 Å². The Labute approximate surface area is 104 Å². The van der Waals surface area contributed by atoms with Crippen LogP contribution in [0.4, 0.5) is 11.4 Å². The molecule has 2 N–H and O–H groups in total. The highest BCUT2D eigenvalue weighted by Crippen LogP contribution is 2.36. The zero-order valence-corrected chi connectivity index (χ0v) is 11.0. The molecule has 1 aromatic carbocycles. The van der Waals surface area contributed by atoms with Crippen molar-refractivity contribution in [3.63, 3.8) is 0 Å². The maximum atomic E-state index is 10.5. The van der Waals surface area contributed by atoms with Crippen LogP contribution in [0.5, 0.6) is 0 Å². The molecule has 0 aliphatic carbocycles. The van der Waals surface area contributed by atoms with Crippen molar-refractivity contribution < 1.29 is 5.11 Å². The fraction of sp³-hybridized carbons (Fsp3) is 0.333. The number of hydrogen-bond donors (Lipinski definition) is 2. The molecule has 0 bridgehead atoms. The van der Waals surface area contributed by atoms with Crippen molar-refractivity contribution in [1.29, 1.82) is 0 Å². The third-order valence-electron chi connectivity index (χ3n) is 1.77. The molecule has 0 spiro atoms. The molecule has 0 saturated carbocycles. The Morgan fingerprint density at radius 3 is 2.40 bits per heavy atom. The summed E-state index contributed by atoms with van der Waals surface area (Å²) >= 11 is 6.51. The Morgan fingerprint density at radius 1 is 1.33 bits per heavy atom. The minimum absolute atomic E-state index is 0.156. The highest BCUT2D eigenvalue weighted by Gasteiger charge is 2.07. The molecule has 1 aromatic rings. The number of hydrogen-bond acceptors (Lipinski definition) is 4. The molecule has 0 fully saturated rings. The van der Waals surface area contributed by atoms with Gasteiger partial charge in [-0.3, -0.25) is 0 Å². The fourth-order valence-electron chi connectivity index (χ4n) is 1.07. The monoisotopic (exact) mass is 336 g/mol. The van der Waals surface area contributed by atoms with Gasteiger partial charge < -0.3 is 10.4 Å². The topological polar surface area (TPSA) is 61.7 Å². The summed E-state index contributed by atoms with van der Waals surface area (Å²) in [5, 5.41) is 14.6. The smallest absolute Gasteiger partial charge is 0.136 e. The van der Waals surface area contributed by atoms with Crippen molar-refractivity contribution in [2.75, 3.05) is 18.5 Å². The highest BCUT2D eigenvalue weighted by molar-refractivity contribution is 9.11. The molecule has 0 heterocycles. The van der Waals surface area contributed by atoms with Gasteiger partial charge in [-0.05, 0) is 55.6 Å². The first kappa shape index (κ1) is 12.6. The van der Waals surface area contributed by atoms with Crippen LogP contribution in [0.3, 0.4) is 0 Å². The van der Waals surface area contributed by atoms with E-state index in [0.717, 1.165) is 5.69 Å². The quantitative estimate of drug-likeness (QED) is 0.639. The number of nitroso groups, excluding NO2 is 1. The van der Waals surface area contributed by atoms with Crippen LogP contribution in [-0.4, -0.2) is 18.3 Å². The Kier molecular flexibility index (Phi) is 5.21. The van der Waals surface area contributed by atoms with Gasteiger partial charge >= 0.3 is 0 Å². The molecule has 1 rings (SSSR count). The van der Waals surface area contributed by atoms with Crippen LogP contribution in [0.2, 0.25) is 0 Å². The summed E-state index contributed by atoms with van der Waals surface area (Å²) < 4.78 is 1.27. The average molecular weight is 338 g/mol. The molecular weight excluding hydrogens is 328 g/mol. The molecule has 6 heteroatoms. The van der Waals surface area contributed by atoms with E-state index in [1.165, 1.54) is 0 Å². The molecule has 0 aromatic heterocycles. The summed E-state index contributed by atoms with van der Waals surface area (Å²) in [4.78, 5) is 10.5. The summed E-state index contributed by atoms with van der Waals surface area (Å²) in [6.45, 7) is 0.840. The Bertz CT molecular complexity index is 335. The van der Waals surface area contributed by atoms with Gasteiger partial charge in [-0.15, -0.1) is 4.91 Å². The van der Waals surface area contributed by atoms with Crippen molar-refractivity contribution in [3.05, 3.63) is 26.0 Å². The molecule has 0 aliphatic rings. The van der Waals surface area contributed by atoms with Crippen molar-refractivity contribution in [1.82, 2.24) is 0 Å². The van der Waals surface area contributed by atoms with E-state index in [1.807, 2.05) is 0 Å². The number of rotatable bonds is 5. The molecule has 4 nitrogen and oxygen atoms in total. The molecule has 0 aliphatic heterocycles. The van der Waals surface area contributed by atoms with Crippen LogP contribution in [-0.2, 0) is 0 Å². The second-order valence-corrected chi connectivity index (χ2v) is 4.59. The van der Waals surface area contributed by atoms with E-state index in [1.54, 1.807) is 12.1 Å². The van der Waals surface area contributed by atoms with Crippen molar-refractivity contribution >= 4 is 43.2 Å². The minimum Gasteiger partial charge on any atom is -0.396 e. The zero-order chi connectivity index (χ0) is 11.3. The molecule has 0 saturated heterocycles. The highest BCUT2D eigenvalue weighted by atomic mass is 79.9. The molecule has 0 radical (unpaired) electrons. The lowest BCUT2D eigenvalue weighted by molar-refractivity contribution is 0.292. The van der Waals surface area contributed by atoms with Gasteiger partial charge in [-0.1, -0.05) is 0 Å². The molecule has 15 heavy (non-hydrogen) atoms. The zero-order valence-electron chi connectivity index (χ0n) is 7.83. The predicted octanol–water partition coefficient (Wildman–Crippen LogP) is 3.40. The van der Waals surface area contributed by atoms with E-state index in [2.05, 4.69) is 42.4 Å². The first-order chi connectivity index (χ1) is 7.19. The molecular formula is C9H10Br2N2O2. The molecule has 0 unspecified atom stereocenters. The lowest BCUT2D eigenvalue weighted by Gasteiger charge is -2.07. The lowest BCUT2D eigenvalue weighted by Crippen LogP contribution is -2.03. The second-order valence-electron chi connectivity index (χ2n) is 2.88.